The van der Waals surface area contributed by atoms with Crippen LogP contribution in [-0.2, 0) is 0 Å². The summed E-state index contributed by atoms with van der Waals surface area (Å²) in [6.07, 6.45) is 0. The third-order valence-electron chi connectivity index (χ3n) is 6.66. The molecule has 0 unspecified atom stereocenters. The van der Waals surface area contributed by atoms with Crippen molar-refractivity contribution in [1.29, 1.82) is 0 Å². The first kappa shape index (κ1) is 25.7. The van der Waals surface area contributed by atoms with Crippen molar-refractivity contribution >= 4 is 17.3 Å². The Kier molecular flexibility index (Phi) is 7.13. The second-order valence-electron chi connectivity index (χ2n) is 8.90. The van der Waals surface area contributed by atoms with Crippen LogP contribution in [0.3, 0.4) is 0 Å². The summed E-state index contributed by atoms with van der Waals surface area (Å²) in [5, 5.41) is 16.1. The molecule has 0 atom stereocenters. The number of aromatic nitrogens is 2. The van der Waals surface area contributed by atoms with Crippen molar-refractivity contribution in [1.82, 2.24) is 14.7 Å². The predicted octanol–water partition coefficient (Wildman–Crippen LogP) is 4.57. The van der Waals surface area contributed by atoms with Gasteiger partial charge in [0, 0.05) is 49.9 Å². The van der Waals surface area contributed by atoms with Gasteiger partial charge >= 0.3 is 0 Å². The number of nitro benzene ring substituents is 1. The maximum atomic E-state index is 14.3. The van der Waals surface area contributed by atoms with Gasteiger partial charge in [0.2, 0.25) is 0 Å². The molecule has 3 aromatic carbocycles. The summed E-state index contributed by atoms with van der Waals surface area (Å²) in [5.41, 5.74) is 2.07. The molecule has 10 nitrogen and oxygen atoms in total. The van der Waals surface area contributed by atoms with E-state index in [-0.39, 0.29) is 23.1 Å². The van der Waals surface area contributed by atoms with Gasteiger partial charge in [-0.2, -0.15) is 5.10 Å². The molecule has 5 rings (SSSR count). The third kappa shape index (κ3) is 5.11. The Balaban J connectivity index is 1.51. The number of hydrogen-bond acceptors (Lipinski definition) is 7. The molecule has 0 saturated carbocycles. The van der Waals surface area contributed by atoms with Gasteiger partial charge in [-0.25, -0.2) is 9.07 Å². The maximum absolute atomic E-state index is 14.3. The van der Waals surface area contributed by atoms with Gasteiger partial charge in [0.05, 0.1) is 36.2 Å². The molecule has 0 radical (unpaired) electrons. The number of carbonyl (C=O) groups is 1. The Bertz CT molecular complexity index is 1530. The molecular formula is C28H26FN5O5. The lowest BCUT2D eigenvalue weighted by molar-refractivity contribution is -0.384. The van der Waals surface area contributed by atoms with E-state index >= 15 is 0 Å². The van der Waals surface area contributed by atoms with Crippen LogP contribution >= 0.6 is 0 Å². The topological polar surface area (TPSA) is 103 Å². The van der Waals surface area contributed by atoms with E-state index < -0.39 is 4.92 Å². The molecule has 1 aromatic heterocycles. The van der Waals surface area contributed by atoms with Gasteiger partial charge in [-0.3, -0.25) is 14.9 Å². The quantitative estimate of drug-likeness (QED) is 0.254. The largest absolute Gasteiger partial charge is 0.497 e. The molecule has 1 fully saturated rings. The van der Waals surface area contributed by atoms with Crippen LogP contribution in [0, 0.1) is 15.9 Å². The molecule has 1 saturated heterocycles. The van der Waals surface area contributed by atoms with Gasteiger partial charge in [0.15, 0.2) is 0 Å². The number of ether oxygens (including phenoxy) is 2. The molecule has 1 aliphatic rings. The number of halogens is 1. The maximum Gasteiger partial charge on any atom is 0.272 e. The zero-order valence-electron chi connectivity index (χ0n) is 21.4. The number of benzene rings is 3. The zero-order chi connectivity index (χ0) is 27.5. The van der Waals surface area contributed by atoms with E-state index in [9.17, 15) is 19.3 Å². The van der Waals surface area contributed by atoms with Crippen LogP contribution in [0.4, 0.5) is 15.8 Å². The number of methoxy groups -OCH3 is 2. The number of hydrogen-bond donors (Lipinski definition) is 0. The SMILES string of the molecule is COc1ccc(-c2cc(C(=O)N3CCN(c4ccccc4F)CC3)n(-c3cccc([N+](=O)[O-])c3)n2)c(OC)c1. The summed E-state index contributed by atoms with van der Waals surface area (Å²) in [5.74, 6) is 0.494. The summed E-state index contributed by atoms with van der Waals surface area (Å²) in [6.45, 7) is 1.65. The fraction of sp³-hybridized carbons (Fsp3) is 0.214. The second-order valence-corrected chi connectivity index (χ2v) is 8.90. The number of amides is 1. The van der Waals surface area contributed by atoms with Crippen LogP contribution in [0.25, 0.3) is 16.9 Å². The standard InChI is InChI=1S/C28H26FN5O5/c1-38-21-10-11-22(27(17-21)39-2)24-18-26(33(30-24)19-6-5-7-20(16-19)34(36)37)28(35)32-14-12-31(13-15-32)25-9-4-3-8-23(25)29/h3-11,16-18H,12-15H2,1-2H3. The van der Waals surface area contributed by atoms with Crippen molar-refractivity contribution in [3.8, 4) is 28.4 Å². The Morgan fingerprint density at radius 2 is 1.72 bits per heavy atom. The van der Waals surface area contributed by atoms with Gasteiger partial charge < -0.3 is 19.3 Å². The normalized spacial score (nSPS) is 13.3. The van der Waals surface area contributed by atoms with Crippen LogP contribution in [-0.4, -0.2) is 65.9 Å². The van der Waals surface area contributed by atoms with Gasteiger partial charge in [-0.15, -0.1) is 0 Å². The van der Waals surface area contributed by atoms with Crippen molar-refractivity contribution in [3.05, 3.63) is 94.4 Å². The average molecular weight is 532 g/mol. The van der Waals surface area contributed by atoms with E-state index in [1.165, 1.54) is 30.0 Å². The zero-order valence-corrected chi connectivity index (χ0v) is 21.4. The fourth-order valence-corrected chi connectivity index (χ4v) is 4.63. The van der Waals surface area contributed by atoms with E-state index in [2.05, 4.69) is 5.10 Å². The fourth-order valence-electron chi connectivity index (χ4n) is 4.63. The van der Waals surface area contributed by atoms with E-state index in [4.69, 9.17) is 9.47 Å². The molecule has 200 valence electrons. The summed E-state index contributed by atoms with van der Waals surface area (Å²) < 4.78 is 26.5. The summed E-state index contributed by atoms with van der Waals surface area (Å²) >= 11 is 0. The Morgan fingerprint density at radius 3 is 2.41 bits per heavy atom. The monoisotopic (exact) mass is 531 g/mol. The lowest BCUT2D eigenvalue weighted by atomic mass is 10.1. The van der Waals surface area contributed by atoms with Crippen molar-refractivity contribution in [2.45, 2.75) is 0 Å². The number of nitro groups is 1. The molecular weight excluding hydrogens is 505 g/mol. The molecule has 0 aliphatic carbocycles. The highest BCUT2D eigenvalue weighted by Gasteiger charge is 2.28. The Morgan fingerprint density at radius 1 is 0.949 bits per heavy atom. The molecule has 11 heteroatoms. The highest BCUT2D eigenvalue weighted by atomic mass is 19.1. The first-order valence-corrected chi connectivity index (χ1v) is 12.3. The Labute approximate surface area is 223 Å². The first-order valence-electron chi connectivity index (χ1n) is 12.3. The summed E-state index contributed by atoms with van der Waals surface area (Å²) in [6, 6.07) is 19.4. The molecule has 39 heavy (non-hydrogen) atoms. The van der Waals surface area contributed by atoms with Crippen molar-refractivity contribution in [2.75, 3.05) is 45.3 Å². The minimum atomic E-state index is -0.496. The van der Waals surface area contributed by atoms with Gasteiger partial charge in [-0.1, -0.05) is 18.2 Å². The van der Waals surface area contributed by atoms with Gasteiger partial charge in [0.25, 0.3) is 11.6 Å². The van der Waals surface area contributed by atoms with Crippen LogP contribution in [0.15, 0.2) is 72.8 Å². The number of carbonyl (C=O) groups excluding carboxylic acids is 1. The predicted molar refractivity (Wildman–Crippen MR) is 143 cm³/mol. The number of rotatable bonds is 7. The molecule has 1 amide bonds. The van der Waals surface area contributed by atoms with E-state index in [1.807, 2.05) is 4.90 Å². The number of nitrogens with zero attached hydrogens (tertiary/aromatic N) is 5. The number of non-ortho nitro benzene ring substituents is 1. The Hall–Kier alpha value is -4.93. The molecule has 0 N–H and O–H groups in total. The lowest BCUT2D eigenvalue weighted by Crippen LogP contribution is -2.49. The van der Waals surface area contributed by atoms with Gasteiger partial charge in [-0.05, 0) is 36.4 Å². The van der Waals surface area contributed by atoms with Crippen LogP contribution in [0.1, 0.15) is 10.5 Å². The van der Waals surface area contributed by atoms with Crippen LogP contribution in [0.2, 0.25) is 0 Å². The third-order valence-corrected chi connectivity index (χ3v) is 6.66. The van der Waals surface area contributed by atoms with Crippen molar-refractivity contribution in [3.63, 3.8) is 0 Å². The number of piperazine rings is 1. The lowest BCUT2D eigenvalue weighted by Gasteiger charge is -2.36. The first-order chi connectivity index (χ1) is 18.9. The minimum Gasteiger partial charge on any atom is -0.497 e. The second kappa shape index (κ2) is 10.8. The van der Waals surface area contributed by atoms with Crippen molar-refractivity contribution < 1.29 is 23.6 Å². The number of anilines is 1. The molecule has 2 heterocycles. The van der Waals surface area contributed by atoms with E-state index in [1.54, 1.807) is 66.6 Å². The van der Waals surface area contributed by atoms with Gasteiger partial charge in [0.1, 0.15) is 23.0 Å². The molecule has 1 aliphatic heterocycles. The summed E-state index contributed by atoms with van der Waals surface area (Å²) in [4.78, 5) is 28.3. The minimum absolute atomic E-state index is 0.122. The molecule has 0 bridgehead atoms. The highest BCUT2D eigenvalue weighted by molar-refractivity contribution is 5.95. The van der Waals surface area contributed by atoms with Crippen LogP contribution in [0.5, 0.6) is 11.5 Å². The highest BCUT2D eigenvalue weighted by Crippen LogP contribution is 2.34. The van der Waals surface area contributed by atoms with E-state index in [0.29, 0.717) is 60.3 Å². The molecule has 0 spiro atoms. The van der Waals surface area contributed by atoms with E-state index in [0.717, 1.165) is 0 Å². The smallest absolute Gasteiger partial charge is 0.272 e. The average Bonchev–Trinajstić information content (AvgIpc) is 3.42. The summed E-state index contributed by atoms with van der Waals surface area (Å²) in [7, 11) is 3.07. The van der Waals surface area contributed by atoms with Crippen molar-refractivity contribution in [2.24, 2.45) is 0 Å². The number of para-hydroxylation sites is 1. The molecule has 4 aromatic rings. The van der Waals surface area contributed by atoms with Crippen LogP contribution < -0.4 is 14.4 Å².